The average molecular weight is 604 g/mol. The predicted molar refractivity (Wildman–Crippen MR) is 129 cm³/mol. The van der Waals surface area contributed by atoms with Crippen LogP contribution in [0.2, 0.25) is 6.04 Å². The molecule has 0 spiro atoms. The SMILES string of the molecule is CCCCO[Si](CCc1cc(I)cc(I)c1)(OCCCC)OCCCC. The van der Waals surface area contributed by atoms with Gasteiger partial charge in [0.25, 0.3) is 0 Å². The number of benzene rings is 1. The number of rotatable bonds is 15. The van der Waals surface area contributed by atoms with Gasteiger partial charge in [-0.2, -0.15) is 0 Å². The molecule has 150 valence electrons. The maximum atomic E-state index is 6.34. The molecule has 0 N–H and O–H groups in total. The van der Waals surface area contributed by atoms with Gasteiger partial charge in [-0.05, 0) is 94.6 Å². The number of hydrogen-bond acceptors (Lipinski definition) is 3. The fourth-order valence-corrected chi connectivity index (χ4v) is 7.22. The van der Waals surface area contributed by atoms with E-state index in [0.717, 1.165) is 70.8 Å². The molecular weight excluding hydrogens is 570 g/mol. The van der Waals surface area contributed by atoms with Crippen molar-refractivity contribution in [3.63, 3.8) is 0 Å². The highest BCUT2D eigenvalue weighted by Gasteiger charge is 2.40. The average Bonchev–Trinajstić information content (AvgIpc) is 2.60. The molecule has 0 atom stereocenters. The quantitative estimate of drug-likeness (QED) is 0.125. The number of aryl methyl sites for hydroxylation is 1. The summed E-state index contributed by atoms with van der Waals surface area (Å²) < 4.78 is 21.6. The van der Waals surface area contributed by atoms with Crippen molar-refractivity contribution < 1.29 is 13.3 Å². The van der Waals surface area contributed by atoms with E-state index in [9.17, 15) is 0 Å². The second-order valence-corrected chi connectivity index (χ2v) is 11.8. The fourth-order valence-electron chi connectivity index (χ4n) is 2.51. The third kappa shape index (κ3) is 10.4. The molecule has 0 aromatic heterocycles. The Hall–Kier alpha value is 0.777. The van der Waals surface area contributed by atoms with E-state index in [1.54, 1.807) is 0 Å². The normalized spacial score (nSPS) is 11.9. The van der Waals surface area contributed by atoms with Crippen molar-refractivity contribution >= 4 is 54.0 Å². The Balaban J connectivity index is 2.84. The lowest BCUT2D eigenvalue weighted by Crippen LogP contribution is -2.47. The highest BCUT2D eigenvalue weighted by atomic mass is 127. The molecular formula is C20H34I2O3Si. The summed E-state index contributed by atoms with van der Waals surface area (Å²) in [4.78, 5) is 0. The zero-order chi connectivity index (χ0) is 19.3. The molecule has 0 bridgehead atoms. The molecule has 0 aliphatic carbocycles. The molecule has 0 unspecified atom stereocenters. The van der Waals surface area contributed by atoms with E-state index >= 15 is 0 Å². The van der Waals surface area contributed by atoms with Crippen LogP contribution in [0.3, 0.4) is 0 Å². The smallest absolute Gasteiger partial charge is 0.373 e. The van der Waals surface area contributed by atoms with Gasteiger partial charge in [-0.25, -0.2) is 0 Å². The van der Waals surface area contributed by atoms with Crippen molar-refractivity contribution in [3.05, 3.63) is 30.9 Å². The fraction of sp³-hybridized carbons (Fsp3) is 0.700. The maximum absolute atomic E-state index is 6.34. The first kappa shape index (κ1) is 24.8. The molecule has 0 radical (unpaired) electrons. The minimum absolute atomic E-state index is 0.741. The van der Waals surface area contributed by atoms with Gasteiger partial charge in [0.05, 0.1) is 0 Å². The molecule has 1 aromatic rings. The summed E-state index contributed by atoms with van der Waals surface area (Å²) in [6.07, 6.45) is 7.51. The first-order valence-electron chi connectivity index (χ1n) is 9.92. The monoisotopic (exact) mass is 604 g/mol. The first-order valence-corrected chi connectivity index (χ1v) is 14.0. The second kappa shape index (κ2) is 14.7. The van der Waals surface area contributed by atoms with Crippen LogP contribution in [-0.2, 0) is 19.7 Å². The van der Waals surface area contributed by atoms with Crippen molar-refractivity contribution in [1.82, 2.24) is 0 Å². The lowest BCUT2D eigenvalue weighted by atomic mass is 10.2. The molecule has 0 saturated heterocycles. The summed E-state index contributed by atoms with van der Waals surface area (Å²) in [5.41, 5.74) is 1.34. The van der Waals surface area contributed by atoms with Crippen molar-refractivity contribution in [2.45, 2.75) is 71.8 Å². The zero-order valence-electron chi connectivity index (χ0n) is 16.5. The summed E-state index contributed by atoms with van der Waals surface area (Å²) in [5.74, 6) is 0. The third-order valence-electron chi connectivity index (χ3n) is 4.10. The van der Waals surface area contributed by atoms with Gasteiger partial charge in [-0.1, -0.05) is 40.0 Å². The lowest BCUT2D eigenvalue weighted by Gasteiger charge is -2.30. The van der Waals surface area contributed by atoms with Crippen molar-refractivity contribution in [2.24, 2.45) is 0 Å². The first-order chi connectivity index (χ1) is 12.5. The largest absolute Gasteiger partial charge is 0.501 e. The standard InChI is InChI=1S/C20H34I2O3Si/c1-4-7-11-23-26(24-12-8-5-2,25-13-9-6-3)14-10-18-15-19(21)17-20(22)16-18/h15-17H,4-14H2,1-3H3. The summed E-state index contributed by atoms with van der Waals surface area (Å²) in [5, 5.41) is 0. The van der Waals surface area contributed by atoms with Crippen LogP contribution in [0.1, 0.15) is 64.9 Å². The van der Waals surface area contributed by atoms with Crippen LogP contribution in [0.15, 0.2) is 18.2 Å². The van der Waals surface area contributed by atoms with Crippen LogP contribution in [0.4, 0.5) is 0 Å². The summed E-state index contributed by atoms with van der Waals surface area (Å²) in [6.45, 7) is 8.80. The van der Waals surface area contributed by atoms with E-state index < -0.39 is 8.80 Å². The van der Waals surface area contributed by atoms with Crippen LogP contribution in [0.5, 0.6) is 0 Å². The lowest BCUT2D eigenvalue weighted by molar-refractivity contribution is 0.0564. The highest BCUT2D eigenvalue weighted by Crippen LogP contribution is 2.23. The van der Waals surface area contributed by atoms with Gasteiger partial charge in [-0.15, -0.1) is 0 Å². The van der Waals surface area contributed by atoms with Gasteiger partial charge >= 0.3 is 8.80 Å². The molecule has 0 saturated carbocycles. The van der Waals surface area contributed by atoms with Crippen LogP contribution >= 0.6 is 45.2 Å². The Kier molecular flexibility index (Phi) is 14.1. The molecule has 0 aliphatic heterocycles. The Morgan fingerprint density at radius 3 is 1.54 bits per heavy atom. The molecule has 3 nitrogen and oxygen atoms in total. The number of unbranched alkanes of at least 4 members (excludes halogenated alkanes) is 3. The predicted octanol–water partition coefficient (Wildman–Crippen LogP) is 6.83. The van der Waals surface area contributed by atoms with Crippen molar-refractivity contribution in [3.8, 4) is 0 Å². The molecule has 0 amide bonds. The van der Waals surface area contributed by atoms with Crippen molar-refractivity contribution in [2.75, 3.05) is 19.8 Å². The zero-order valence-corrected chi connectivity index (χ0v) is 21.8. The van der Waals surface area contributed by atoms with Gasteiger partial charge in [-0.3, -0.25) is 0 Å². The van der Waals surface area contributed by atoms with Gasteiger partial charge in [0.15, 0.2) is 0 Å². The molecule has 0 heterocycles. The van der Waals surface area contributed by atoms with Gasteiger partial charge in [0, 0.05) is 33.0 Å². The Morgan fingerprint density at radius 2 is 1.15 bits per heavy atom. The van der Waals surface area contributed by atoms with E-state index in [2.05, 4.69) is 84.2 Å². The van der Waals surface area contributed by atoms with Crippen LogP contribution in [-0.4, -0.2) is 28.6 Å². The molecule has 6 heteroatoms. The topological polar surface area (TPSA) is 27.7 Å². The Labute approximate surface area is 188 Å². The van der Waals surface area contributed by atoms with Gasteiger partial charge < -0.3 is 13.3 Å². The van der Waals surface area contributed by atoms with E-state index in [1.807, 2.05) is 0 Å². The molecule has 26 heavy (non-hydrogen) atoms. The molecule has 0 fully saturated rings. The summed E-state index contributed by atoms with van der Waals surface area (Å²) in [7, 11) is -2.63. The second-order valence-electron chi connectivity index (χ2n) is 6.57. The van der Waals surface area contributed by atoms with Gasteiger partial charge in [0.1, 0.15) is 0 Å². The van der Waals surface area contributed by atoms with Crippen molar-refractivity contribution in [1.29, 1.82) is 0 Å². The number of halogens is 2. The van der Waals surface area contributed by atoms with Crippen LogP contribution in [0, 0.1) is 7.14 Å². The minimum atomic E-state index is -2.63. The highest BCUT2D eigenvalue weighted by molar-refractivity contribution is 14.1. The number of hydrogen-bond donors (Lipinski definition) is 0. The minimum Gasteiger partial charge on any atom is -0.373 e. The third-order valence-corrected chi connectivity index (χ3v) is 8.14. The van der Waals surface area contributed by atoms with E-state index in [0.29, 0.717) is 0 Å². The summed E-state index contributed by atoms with van der Waals surface area (Å²) in [6, 6.07) is 7.57. The Bertz CT molecular complexity index is 453. The molecule has 1 rings (SSSR count). The van der Waals surface area contributed by atoms with Crippen LogP contribution in [0.25, 0.3) is 0 Å². The maximum Gasteiger partial charge on any atom is 0.501 e. The summed E-state index contributed by atoms with van der Waals surface area (Å²) >= 11 is 4.77. The van der Waals surface area contributed by atoms with Gasteiger partial charge in [0.2, 0.25) is 0 Å². The Morgan fingerprint density at radius 1 is 0.731 bits per heavy atom. The van der Waals surface area contributed by atoms with E-state index in [-0.39, 0.29) is 0 Å². The van der Waals surface area contributed by atoms with Crippen LogP contribution < -0.4 is 0 Å². The molecule has 1 aromatic carbocycles. The molecule has 0 aliphatic rings. The van der Waals surface area contributed by atoms with E-state index in [4.69, 9.17) is 13.3 Å². The van der Waals surface area contributed by atoms with E-state index in [1.165, 1.54) is 12.7 Å².